The Labute approximate surface area is 118 Å². The zero-order valence-electron chi connectivity index (χ0n) is 11.3. The van der Waals surface area contributed by atoms with Gasteiger partial charge in [0.15, 0.2) is 0 Å². The summed E-state index contributed by atoms with van der Waals surface area (Å²) >= 11 is 5.81. The molecule has 0 amide bonds. The lowest BCUT2D eigenvalue weighted by Gasteiger charge is -2.22. The average molecular weight is 278 g/mol. The molecule has 0 aliphatic carbocycles. The van der Waals surface area contributed by atoms with E-state index in [2.05, 4.69) is 5.32 Å². The number of hydrogen-bond donors (Lipinski definition) is 1. The minimum atomic E-state index is -0.283. The van der Waals surface area contributed by atoms with Gasteiger partial charge in [-0.05, 0) is 49.7 Å². The summed E-state index contributed by atoms with van der Waals surface area (Å²) in [6.45, 7) is 4.08. The van der Waals surface area contributed by atoms with Crippen LogP contribution in [0.4, 0.5) is 4.39 Å². The molecule has 0 aliphatic rings. The SMILES string of the molecule is CNC(c1ccc(Cl)cc1F)c1c(C)cccc1C. The number of aryl methyl sites for hydroxylation is 2. The molecule has 1 nitrogen and oxygen atoms in total. The Kier molecular flexibility index (Phi) is 4.23. The number of halogens is 2. The molecular formula is C16H17ClFN. The summed E-state index contributed by atoms with van der Waals surface area (Å²) in [6.07, 6.45) is 0. The molecule has 0 saturated heterocycles. The lowest BCUT2D eigenvalue weighted by atomic mass is 9.91. The minimum absolute atomic E-state index is 0.168. The molecule has 19 heavy (non-hydrogen) atoms. The molecule has 2 aromatic rings. The molecule has 2 aromatic carbocycles. The van der Waals surface area contributed by atoms with E-state index in [0.29, 0.717) is 10.6 Å². The highest BCUT2D eigenvalue weighted by Crippen LogP contribution is 2.30. The highest BCUT2D eigenvalue weighted by Gasteiger charge is 2.19. The van der Waals surface area contributed by atoms with Gasteiger partial charge >= 0.3 is 0 Å². The van der Waals surface area contributed by atoms with Crippen molar-refractivity contribution in [3.8, 4) is 0 Å². The molecule has 0 spiro atoms. The van der Waals surface area contributed by atoms with Gasteiger partial charge in [0.2, 0.25) is 0 Å². The van der Waals surface area contributed by atoms with E-state index in [9.17, 15) is 4.39 Å². The van der Waals surface area contributed by atoms with Crippen LogP contribution >= 0.6 is 11.6 Å². The van der Waals surface area contributed by atoms with E-state index in [4.69, 9.17) is 11.6 Å². The van der Waals surface area contributed by atoms with Gasteiger partial charge in [0.1, 0.15) is 5.82 Å². The number of nitrogens with one attached hydrogen (secondary N) is 1. The van der Waals surface area contributed by atoms with Gasteiger partial charge in [0.05, 0.1) is 6.04 Å². The lowest BCUT2D eigenvalue weighted by molar-refractivity contribution is 0.574. The maximum absolute atomic E-state index is 14.1. The molecule has 0 fully saturated rings. The zero-order chi connectivity index (χ0) is 14.0. The van der Waals surface area contributed by atoms with Gasteiger partial charge in [-0.15, -0.1) is 0 Å². The Morgan fingerprint density at radius 1 is 1.11 bits per heavy atom. The molecule has 0 bridgehead atoms. The first kappa shape index (κ1) is 14.0. The van der Waals surface area contributed by atoms with Crippen LogP contribution in [0.1, 0.15) is 28.3 Å². The van der Waals surface area contributed by atoms with Crippen molar-refractivity contribution in [3.63, 3.8) is 0 Å². The van der Waals surface area contributed by atoms with Crippen LogP contribution in [0.25, 0.3) is 0 Å². The van der Waals surface area contributed by atoms with Crippen molar-refractivity contribution in [2.45, 2.75) is 19.9 Å². The van der Waals surface area contributed by atoms with Crippen molar-refractivity contribution >= 4 is 11.6 Å². The van der Waals surface area contributed by atoms with Gasteiger partial charge in [0, 0.05) is 10.6 Å². The molecule has 0 heterocycles. The van der Waals surface area contributed by atoms with Crippen LogP contribution < -0.4 is 5.32 Å². The smallest absolute Gasteiger partial charge is 0.129 e. The van der Waals surface area contributed by atoms with Crippen molar-refractivity contribution < 1.29 is 4.39 Å². The fourth-order valence-electron chi connectivity index (χ4n) is 2.47. The van der Waals surface area contributed by atoms with E-state index in [1.165, 1.54) is 6.07 Å². The molecule has 1 atom stereocenters. The van der Waals surface area contributed by atoms with Crippen molar-refractivity contribution in [2.75, 3.05) is 7.05 Å². The van der Waals surface area contributed by atoms with Gasteiger partial charge in [-0.2, -0.15) is 0 Å². The Bertz CT molecular complexity index is 575. The summed E-state index contributed by atoms with van der Waals surface area (Å²) in [5.74, 6) is -0.283. The number of hydrogen-bond acceptors (Lipinski definition) is 1. The van der Waals surface area contributed by atoms with Crippen LogP contribution in [0.2, 0.25) is 5.02 Å². The van der Waals surface area contributed by atoms with E-state index in [0.717, 1.165) is 16.7 Å². The third-order valence-corrected chi connectivity index (χ3v) is 3.63. The molecule has 2 rings (SSSR count). The molecule has 0 aromatic heterocycles. The summed E-state index contributed by atoms with van der Waals surface area (Å²) < 4.78 is 14.1. The first-order chi connectivity index (χ1) is 9.04. The summed E-state index contributed by atoms with van der Waals surface area (Å²) in [6, 6.07) is 10.7. The predicted octanol–water partition coefficient (Wildman–Crippen LogP) is 4.40. The van der Waals surface area contributed by atoms with Crippen molar-refractivity contribution in [3.05, 3.63) is 69.5 Å². The van der Waals surface area contributed by atoms with E-state index in [1.54, 1.807) is 12.1 Å². The van der Waals surface area contributed by atoms with Gasteiger partial charge < -0.3 is 5.32 Å². The highest BCUT2D eigenvalue weighted by atomic mass is 35.5. The highest BCUT2D eigenvalue weighted by molar-refractivity contribution is 6.30. The summed E-state index contributed by atoms with van der Waals surface area (Å²) in [7, 11) is 1.84. The van der Waals surface area contributed by atoms with Crippen molar-refractivity contribution in [1.82, 2.24) is 5.32 Å². The normalized spacial score (nSPS) is 12.5. The monoisotopic (exact) mass is 277 g/mol. The molecule has 0 aliphatic heterocycles. The second kappa shape index (κ2) is 5.72. The van der Waals surface area contributed by atoms with Gasteiger partial charge in [-0.1, -0.05) is 35.9 Å². The van der Waals surface area contributed by atoms with E-state index in [1.807, 2.05) is 39.1 Å². The molecule has 3 heteroatoms. The number of benzene rings is 2. The van der Waals surface area contributed by atoms with E-state index >= 15 is 0 Å². The largest absolute Gasteiger partial charge is 0.309 e. The van der Waals surface area contributed by atoms with Crippen molar-refractivity contribution in [2.24, 2.45) is 0 Å². The van der Waals surface area contributed by atoms with Crippen LogP contribution in [-0.4, -0.2) is 7.05 Å². The topological polar surface area (TPSA) is 12.0 Å². The summed E-state index contributed by atoms with van der Waals surface area (Å²) in [5, 5.41) is 3.61. The van der Waals surface area contributed by atoms with Crippen molar-refractivity contribution in [1.29, 1.82) is 0 Å². The van der Waals surface area contributed by atoms with Gasteiger partial charge in [0.25, 0.3) is 0 Å². The zero-order valence-corrected chi connectivity index (χ0v) is 12.1. The summed E-state index contributed by atoms with van der Waals surface area (Å²) in [5.41, 5.74) is 4.03. The van der Waals surface area contributed by atoms with E-state index in [-0.39, 0.29) is 11.9 Å². The third kappa shape index (κ3) is 2.80. The summed E-state index contributed by atoms with van der Waals surface area (Å²) in [4.78, 5) is 0. The van der Waals surface area contributed by atoms with Crippen LogP contribution in [0.5, 0.6) is 0 Å². The maximum atomic E-state index is 14.1. The quantitative estimate of drug-likeness (QED) is 0.876. The Morgan fingerprint density at radius 3 is 2.26 bits per heavy atom. The van der Waals surface area contributed by atoms with Gasteiger partial charge in [-0.25, -0.2) is 4.39 Å². The van der Waals surface area contributed by atoms with E-state index < -0.39 is 0 Å². The molecule has 100 valence electrons. The number of rotatable bonds is 3. The van der Waals surface area contributed by atoms with Crippen LogP contribution in [-0.2, 0) is 0 Å². The minimum Gasteiger partial charge on any atom is -0.309 e. The third-order valence-electron chi connectivity index (χ3n) is 3.39. The van der Waals surface area contributed by atoms with Crippen LogP contribution in [0.15, 0.2) is 36.4 Å². The Hall–Kier alpha value is -1.38. The fraction of sp³-hybridized carbons (Fsp3) is 0.250. The Balaban J connectivity index is 2.56. The van der Waals surface area contributed by atoms with Gasteiger partial charge in [-0.3, -0.25) is 0 Å². The van der Waals surface area contributed by atoms with Crippen LogP contribution in [0.3, 0.4) is 0 Å². The first-order valence-electron chi connectivity index (χ1n) is 6.23. The standard InChI is InChI=1S/C16H17ClFN/c1-10-5-4-6-11(2)15(10)16(19-3)13-8-7-12(17)9-14(13)18/h4-9,16,19H,1-3H3. The fourth-order valence-corrected chi connectivity index (χ4v) is 2.63. The Morgan fingerprint density at radius 2 is 1.74 bits per heavy atom. The second-order valence-corrected chi connectivity index (χ2v) is 5.13. The molecule has 1 unspecified atom stereocenters. The molecular weight excluding hydrogens is 261 g/mol. The predicted molar refractivity (Wildman–Crippen MR) is 78.2 cm³/mol. The molecule has 0 saturated carbocycles. The lowest BCUT2D eigenvalue weighted by Crippen LogP contribution is -2.21. The maximum Gasteiger partial charge on any atom is 0.129 e. The molecule has 0 radical (unpaired) electrons. The van der Waals surface area contributed by atoms with Crippen LogP contribution in [0, 0.1) is 19.7 Å². The molecule has 1 N–H and O–H groups in total. The second-order valence-electron chi connectivity index (χ2n) is 4.69. The average Bonchev–Trinajstić information content (AvgIpc) is 2.35. The first-order valence-corrected chi connectivity index (χ1v) is 6.60.